The molecule has 0 unspecified atom stereocenters. The smallest absolute Gasteiger partial charge is 0.172 e. The van der Waals surface area contributed by atoms with E-state index in [0.717, 1.165) is 0 Å². The molecule has 6 nitrogen and oxygen atoms in total. The molecule has 0 aliphatic rings. The molecule has 3 N–H and O–H groups in total. The molecule has 0 amide bonds. The highest BCUT2D eigenvalue weighted by atomic mass is 35.5. The summed E-state index contributed by atoms with van der Waals surface area (Å²) in [5.74, 6) is 1.33. The van der Waals surface area contributed by atoms with Gasteiger partial charge in [0.1, 0.15) is 11.6 Å². The number of hydrogen-bond donors (Lipinski definition) is 2. The fraction of sp³-hybridized carbons (Fsp3) is 0.182. The van der Waals surface area contributed by atoms with E-state index in [1.165, 1.54) is 0 Å². The predicted octanol–water partition coefficient (Wildman–Crippen LogP) is 1.63. The quantitative estimate of drug-likeness (QED) is 0.374. The van der Waals surface area contributed by atoms with Crippen molar-refractivity contribution in [3.05, 3.63) is 40.4 Å². The number of hydrogen-bond acceptors (Lipinski definition) is 4. The zero-order chi connectivity index (χ0) is 13.3. The summed E-state index contributed by atoms with van der Waals surface area (Å²) >= 11 is 5.91. The average molecular weight is 266 g/mol. The largest absolute Gasteiger partial charge is 0.409 e. The summed E-state index contributed by atoms with van der Waals surface area (Å²) in [5, 5.41) is 16.5. The van der Waals surface area contributed by atoms with E-state index < -0.39 is 0 Å². The molecule has 2 rings (SSSR count). The highest BCUT2D eigenvalue weighted by Crippen LogP contribution is 2.20. The van der Waals surface area contributed by atoms with Gasteiger partial charge in [-0.2, -0.15) is 5.10 Å². The van der Waals surface area contributed by atoms with Crippen LogP contribution < -0.4 is 5.73 Å². The molecule has 0 spiro atoms. The Morgan fingerprint density at radius 1 is 1.44 bits per heavy atom. The van der Waals surface area contributed by atoms with Gasteiger partial charge in [-0.3, -0.25) is 0 Å². The monoisotopic (exact) mass is 265 g/mol. The van der Waals surface area contributed by atoms with Gasteiger partial charge in [-0.25, -0.2) is 9.67 Å². The number of halogens is 1. The number of benzene rings is 1. The summed E-state index contributed by atoms with van der Waals surface area (Å²) in [7, 11) is 0. The molecule has 0 fully saturated rings. The second kappa shape index (κ2) is 4.66. The number of aromatic nitrogens is 3. The van der Waals surface area contributed by atoms with E-state index >= 15 is 0 Å². The van der Waals surface area contributed by atoms with Crippen LogP contribution in [0.5, 0.6) is 0 Å². The topological polar surface area (TPSA) is 89.3 Å². The van der Waals surface area contributed by atoms with Crippen LogP contribution >= 0.6 is 11.6 Å². The van der Waals surface area contributed by atoms with Crippen molar-refractivity contribution in [3.63, 3.8) is 0 Å². The van der Waals surface area contributed by atoms with Crippen LogP contribution in [0.2, 0.25) is 5.02 Å². The van der Waals surface area contributed by atoms with Gasteiger partial charge in [0.15, 0.2) is 5.84 Å². The molecule has 0 saturated carbocycles. The molecular formula is C11H12ClN5O. The number of aryl methyl sites for hydroxylation is 2. The van der Waals surface area contributed by atoms with Crippen LogP contribution in [-0.4, -0.2) is 25.8 Å². The lowest BCUT2D eigenvalue weighted by atomic mass is 10.1. The summed E-state index contributed by atoms with van der Waals surface area (Å²) in [4.78, 5) is 4.21. The SMILES string of the molecule is Cc1nc(C)n(-c2ccc(Cl)cc2C(N)=NO)n1. The first-order valence-corrected chi connectivity index (χ1v) is 5.59. The molecule has 0 aliphatic heterocycles. The van der Waals surface area contributed by atoms with E-state index in [1.54, 1.807) is 29.8 Å². The molecular weight excluding hydrogens is 254 g/mol. The Balaban J connectivity index is 2.68. The second-order valence-corrected chi connectivity index (χ2v) is 4.20. The summed E-state index contributed by atoms with van der Waals surface area (Å²) < 4.78 is 1.62. The molecule has 2 aromatic rings. The molecule has 7 heteroatoms. The van der Waals surface area contributed by atoms with Gasteiger partial charge < -0.3 is 10.9 Å². The van der Waals surface area contributed by atoms with Gasteiger partial charge in [-0.1, -0.05) is 16.8 Å². The minimum atomic E-state index is -0.0277. The fourth-order valence-corrected chi connectivity index (χ4v) is 1.87. The second-order valence-electron chi connectivity index (χ2n) is 3.76. The van der Waals surface area contributed by atoms with Gasteiger partial charge in [-0.05, 0) is 32.0 Å². The van der Waals surface area contributed by atoms with Crippen molar-refractivity contribution >= 4 is 17.4 Å². The van der Waals surface area contributed by atoms with Gasteiger partial charge in [0.05, 0.1) is 5.69 Å². The maximum absolute atomic E-state index is 8.80. The molecule has 18 heavy (non-hydrogen) atoms. The fourth-order valence-electron chi connectivity index (χ4n) is 1.70. The van der Waals surface area contributed by atoms with Crippen molar-refractivity contribution in [2.45, 2.75) is 13.8 Å². The van der Waals surface area contributed by atoms with Crippen molar-refractivity contribution in [1.29, 1.82) is 0 Å². The normalized spacial score (nSPS) is 11.8. The van der Waals surface area contributed by atoms with Crippen LogP contribution in [0.4, 0.5) is 0 Å². The molecule has 0 bridgehead atoms. The number of rotatable bonds is 2. The highest BCUT2D eigenvalue weighted by molar-refractivity contribution is 6.31. The van der Waals surface area contributed by atoms with E-state index in [-0.39, 0.29) is 5.84 Å². The van der Waals surface area contributed by atoms with Crippen molar-refractivity contribution in [2.75, 3.05) is 0 Å². The van der Waals surface area contributed by atoms with Gasteiger partial charge in [0.2, 0.25) is 0 Å². The number of oxime groups is 1. The zero-order valence-electron chi connectivity index (χ0n) is 9.92. The standard InChI is InChI=1S/C11H12ClN5O/c1-6-14-7(2)17(15-6)10-4-3-8(12)5-9(10)11(13)16-18/h3-5,18H,1-2H3,(H2,13,16). The van der Waals surface area contributed by atoms with E-state index in [1.807, 2.05) is 6.92 Å². The van der Waals surface area contributed by atoms with E-state index in [0.29, 0.717) is 27.9 Å². The van der Waals surface area contributed by atoms with Crippen molar-refractivity contribution < 1.29 is 5.21 Å². The Kier molecular flexibility index (Phi) is 3.20. The molecule has 0 atom stereocenters. The van der Waals surface area contributed by atoms with Crippen LogP contribution in [0.3, 0.4) is 0 Å². The molecule has 1 aromatic carbocycles. The zero-order valence-corrected chi connectivity index (χ0v) is 10.7. The van der Waals surface area contributed by atoms with E-state index in [9.17, 15) is 0 Å². The molecule has 1 heterocycles. The van der Waals surface area contributed by atoms with Gasteiger partial charge in [0, 0.05) is 10.6 Å². The first kappa shape index (κ1) is 12.4. The van der Waals surface area contributed by atoms with Crippen molar-refractivity contribution in [1.82, 2.24) is 14.8 Å². The first-order chi connectivity index (χ1) is 8.52. The Labute approximate surface area is 109 Å². The van der Waals surface area contributed by atoms with Crippen molar-refractivity contribution in [3.8, 4) is 5.69 Å². The van der Waals surface area contributed by atoms with Crippen LogP contribution in [0.1, 0.15) is 17.2 Å². The van der Waals surface area contributed by atoms with Crippen LogP contribution in [0.25, 0.3) is 5.69 Å². The summed E-state index contributed by atoms with van der Waals surface area (Å²) in [5.41, 5.74) is 6.80. The minimum Gasteiger partial charge on any atom is -0.409 e. The number of nitrogens with zero attached hydrogens (tertiary/aromatic N) is 4. The first-order valence-electron chi connectivity index (χ1n) is 5.21. The Morgan fingerprint density at radius 2 is 2.17 bits per heavy atom. The van der Waals surface area contributed by atoms with Crippen molar-refractivity contribution in [2.24, 2.45) is 10.9 Å². The van der Waals surface area contributed by atoms with Gasteiger partial charge in [0.25, 0.3) is 0 Å². The third kappa shape index (κ3) is 2.14. The maximum atomic E-state index is 8.80. The third-order valence-corrected chi connectivity index (χ3v) is 2.68. The third-order valence-electron chi connectivity index (χ3n) is 2.45. The van der Waals surface area contributed by atoms with Gasteiger partial charge >= 0.3 is 0 Å². The lowest BCUT2D eigenvalue weighted by Crippen LogP contribution is -2.17. The predicted molar refractivity (Wildman–Crippen MR) is 68.4 cm³/mol. The minimum absolute atomic E-state index is 0.0277. The molecule has 0 radical (unpaired) electrons. The number of amidine groups is 1. The number of nitrogens with two attached hydrogens (primary N) is 1. The Hall–Kier alpha value is -2.08. The lowest BCUT2D eigenvalue weighted by Gasteiger charge is -2.09. The molecule has 0 saturated heterocycles. The maximum Gasteiger partial charge on any atom is 0.172 e. The van der Waals surface area contributed by atoms with E-state index in [2.05, 4.69) is 15.2 Å². The summed E-state index contributed by atoms with van der Waals surface area (Å²) in [6.45, 7) is 3.62. The average Bonchev–Trinajstić information content (AvgIpc) is 2.67. The highest BCUT2D eigenvalue weighted by Gasteiger charge is 2.13. The molecule has 0 aliphatic carbocycles. The van der Waals surface area contributed by atoms with Crippen LogP contribution in [0.15, 0.2) is 23.4 Å². The Bertz CT molecular complexity index is 620. The van der Waals surface area contributed by atoms with Crippen LogP contribution in [-0.2, 0) is 0 Å². The van der Waals surface area contributed by atoms with E-state index in [4.69, 9.17) is 22.5 Å². The Morgan fingerprint density at radius 3 is 2.72 bits per heavy atom. The lowest BCUT2D eigenvalue weighted by molar-refractivity contribution is 0.318. The molecule has 1 aromatic heterocycles. The summed E-state index contributed by atoms with van der Waals surface area (Å²) in [6.07, 6.45) is 0. The van der Waals surface area contributed by atoms with Crippen LogP contribution in [0, 0.1) is 13.8 Å². The molecule has 94 valence electrons. The summed E-state index contributed by atoms with van der Waals surface area (Å²) in [6, 6.07) is 5.07. The van der Waals surface area contributed by atoms with Gasteiger partial charge in [-0.15, -0.1) is 0 Å².